The summed E-state index contributed by atoms with van der Waals surface area (Å²) < 4.78 is 5.93. The average molecular weight is 255 g/mol. The van der Waals surface area contributed by atoms with Gasteiger partial charge >= 0.3 is 0 Å². The van der Waals surface area contributed by atoms with Gasteiger partial charge in [0.15, 0.2) is 5.60 Å². The molecule has 0 amide bonds. The Bertz CT molecular complexity index is 562. The van der Waals surface area contributed by atoms with Crippen LogP contribution >= 0.6 is 0 Å². The van der Waals surface area contributed by atoms with E-state index in [4.69, 9.17) is 4.74 Å². The van der Waals surface area contributed by atoms with Gasteiger partial charge in [0.25, 0.3) is 0 Å². The summed E-state index contributed by atoms with van der Waals surface area (Å²) in [6, 6.07) is 15.6. The Kier molecular flexibility index (Phi) is 2.69. The third-order valence-corrected chi connectivity index (χ3v) is 3.68. The summed E-state index contributed by atoms with van der Waals surface area (Å²) in [5.41, 5.74) is 0.158. The molecule has 0 radical (unpaired) electrons. The fourth-order valence-corrected chi connectivity index (χ4v) is 2.67. The van der Waals surface area contributed by atoms with E-state index >= 15 is 0 Å². The fourth-order valence-electron chi connectivity index (χ4n) is 2.67. The molecule has 1 saturated heterocycles. The number of epoxide rings is 1. The van der Waals surface area contributed by atoms with Crippen LogP contribution in [0.1, 0.15) is 31.2 Å². The van der Waals surface area contributed by atoms with Gasteiger partial charge in [-0.3, -0.25) is 4.98 Å². The lowest BCUT2D eigenvalue weighted by Gasteiger charge is -2.27. The largest absolute Gasteiger partial charge is 0.387 e. The third-order valence-electron chi connectivity index (χ3n) is 3.68. The minimum atomic E-state index is -0.976. The molecule has 19 heavy (non-hydrogen) atoms. The summed E-state index contributed by atoms with van der Waals surface area (Å²) in [6.07, 6.45) is 1.55. The van der Waals surface area contributed by atoms with Crippen molar-refractivity contribution in [2.45, 2.75) is 31.2 Å². The second-order valence-electron chi connectivity index (χ2n) is 5.41. The second kappa shape index (κ2) is 4.15. The highest BCUT2D eigenvalue weighted by atomic mass is 16.6. The molecule has 1 aromatic carbocycles. The van der Waals surface area contributed by atoms with E-state index in [2.05, 4.69) is 4.98 Å². The van der Waals surface area contributed by atoms with Crippen LogP contribution in [0.5, 0.6) is 0 Å². The van der Waals surface area contributed by atoms with Gasteiger partial charge in [-0.25, -0.2) is 0 Å². The number of ether oxygens (including phenoxy) is 1. The smallest absolute Gasteiger partial charge is 0.154 e. The molecule has 1 N–H and O–H groups in total. The lowest BCUT2D eigenvalue weighted by molar-refractivity contribution is -0.00851. The zero-order valence-corrected chi connectivity index (χ0v) is 11.1. The van der Waals surface area contributed by atoms with Gasteiger partial charge in [0.1, 0.15) is 6.10 Å². The Morgan fingerprint density at radius 1 is 1.11 bits per heavy atom. The van der Waals surface area contributed by atoms with E-state index in [0.29, 0.717) is 0 Å². The Hall–Kier alpha value is -1.71. The number of hydrogen-bond donors (Lipinski definition) is 1. The Balaban J connectivity index is 2.04. The van der Waals surface area contributed by atoms with E-state index in [0.717, 1.165) is 11.3 Å². The van der Waals surface area contributed by atoms with Crippen molar-refractivity contribution in [2.75, 3.05) is 0 Å². The number of benzene rings is 1. The minimum absolute atomic E-state index is 0.198. The molecule has 1 aromatic heterocycles. The van der Waals surface area contributed by atoms with Crippen molar-refractivity contribution in [3.8, 4) is 0 Å². The molecule has 0 spiro atoms. The van der Waals surface area contributed by atoms with Crippen molar-refractivity contribution in [1.29, 1.82) is 0 Å². The van der Waals surface area contributed by atoms with Gasteiger partial charge in [0.05, 0.1) is 11.3 Å². The molecule has 2 atom stereocenters. The topological polar surface area (TPSA) is 45.6 Å². The Labute approximate surface area is 112 Å². The summed E-state index contributed by atoms with van der Waals surface area (Å²) in [4.78, 5) is 4.34. The quantitative estimate of drug-likeness (QED) is 0.858. The molecule has 98 valence electrons. The number of hydrogen-bond acceptors (Lipinski definition) is 3. The highest BCUT2D eigenvalue weighted by Crippen LogP contribution is 2.62. The summed E-state index contributed by atoms with van der Waals surface area (Å²) in [6.45, 7) is 3.56. The minimum Gasteiger partial charge on any atom is -0.387 e. The maximum absolute atomic E-state index is 10.5. The molecule has 1 aliphatic rings. The van der Waals surface area contributed by atoms with Crippen LogP contribution in [-0.2, 0) is 10.3 Å². The molecule has 2 aromatic rings. The zero-order valence-electron chi connectivity index (χ0n) is 11.1. The van der Waals surface area contributed by atoms with E-state index in [1.165, 1.54) is 0 Å². The molecule has 0 bridgehead atoms. The number of pyridine rings is 1. The van der Waals surface area contributed by atoms with E-state index in [9.17, 15) is 5.11 Å². The maximum atomic E-state index is 10.5. The van der Waals surface area contributed by atoms with Gasteiger partial charge < -0.3 is 9.84 Å². The van der Waals surface area contributed by atoms with Gasteiger partial charge in [-0.05, 0) is 31.5 Å². The van der Waals surface area contributed by atoms with Crippen molar-refractivity contribution in [1.82, 2.24) is 4.98 Å². The van der Waals surface area contributed by atoms with Gasteiger partial charge in [-0.15, -0.1) is 0 Å². The first-order valence-corrected chi connectivity index (χ1v) is 6.42. The lowest BCUT2D eigenvalue weighted by atomic mass is 9.80. The van der Waals surface area contributed by atoms with Crippen LogP contribution in [0.2, 0.25) is 0 Å². The van der Waals surface area contributed by atoms with Gasteiger partial charge in [-0.2, -0.15) is 0 Å². The van der Waals surface area contributed by atoms with Crippen molar-refractivity contribution < 1.29 is 9.84 Å². The van der Waals surface area contributed by atoms with Crippen LogP contribution in [0.15, 0.2) is 54.7 Å². The van der Waals surface area contributed by atoms with Crippen molar-refractivity contribution >= 4 is 0 Å². The molecule has 2 heterocycles. The molecule has 0 saturated carbocycles. The van der Waals surface area contributed by atoms with Gasteiger partial charge in [0.2, 0.25) is 0 Å². The lowest BCUT2D eigenvalue weighted by Crippen LogP contribution is -2.38. The monoisotopic (exact) mass is 255 g/mol. The number of nitrogens with zero attached hydrogens (tertiary/aromatic N) is 1. The first kappa shape index (κ1) is 12.3. The van der Waals surface area contributed by atoms with Crippen LogP contribution in [0.25, 0.3) is 0 Å². The van der Waals surface area contributed by atoms with E-state index in [1.54, 1.807) is 20.0 Å². The normalized spacial score (nSPS) is 26.2. The van der Waals surface area contributed by atoms with E-state index < -0.39 is 11.2 Å². The summed E-state index contributed by atoms with van der Waals surface area (Å²) in [5, 5.41) is 10.5. The van der Waals surface area contributed by atoms with Crippen molar-refractivity contribution in [3.05, 3.63) is 66.0 Å². The van der Waals surface area contributed by atoms with Crippen LogP contribution in [0, 0.1) is 0 Å². The first-order valence-electron chi connectivity index (χ1n) is 6.42. The molecule has 1 fully saturated rings. The molecule has 3 heteroatoms. The maximum Gasteiger partial charge on any atom is 0.154 e. The van der Waals surface area contributed by atoms with Crippen molar-refractivity contribution in [2.24, 2.45) is 0 Å². The summed E-state index contributed by atoms with van der Waals surface area (Å²) in [5.74, 6) is 0. The number of aliphatic hydroxyl groups is 1. The molecular weight excluding hydrogens is 238 g/mol. The highest BCUT2D eigenvalue weighted by Gasteiger charge is 2.67. The predicted octanol–water partition coefficient (Wildman–Crippen LogP) is 2.82. The van der Waals surface area contributed by atoms with Crippen molar-refractivity contribution in [3.63, 3.8) is 0 Å². The SMILES string of the molecule is CC(C)(O)[C@@]1(c2ccccc2)O[C@H]1c1ccccn1. The standard InChI is InChI=1S/C16H17NO2/c1-15(2,18)16(12-8-4-3-5-9-12)14(19-16)13-10-6-7-11-17-13/h3-11,14,18H,1-2H3/t14-,16-/m0/s1. The van der Waals surface area contributed by atoms with Gasteiger partial charge in [0, 0.05) is 6.20 Å². The molecular formula is C16H17NO2. The van der Waals surface area contributed by atoms with Crippen LogP contribution in [0.4, 0.5) is 0 Å². The fraction of sp³-hybridized carbons (Fsp3) is 0.312. The Morgan fingerprint density at radius 2 is 1.79 bits per heavy atom. The average Bonchev–Trinajstić information content (AvgIpc) is 3.17. The molecule has 1 aliphatic heterocycles. The molecule has 3 nitrogen and oxygen atoms in total. The molecule has 0 aliphatic carbocycles. The molecule has 3 rings (SSSR count). The molecule has 0 unspecified atom stereocenters. The van der Waals surface area contributed by atoms with E-state index in [-0.39, 0.29) is 6.10 Å². The van der Waals surface area contributed by atoms with Crippen LogP contribution < -0.4 is 0 Å². The third kappa shape index (κ3) is 1.86. The number of rotatable bonds is 3. The van der Waals surface area contributed by atoms with Crippen LogP contribution in [0.3, 0.4) is 0 Å². The number of aromatic nitrogens is 1. The zero-order chi connectivity index (χ0) is 13.5. The van der Waals surface area contributed by atoms with Crippen LogP contribution in [-0.4, -0.2) is 15.7 Å². The summed E-state index contributed by atoms with van der Waals surface area (Å²) in [7, 11) is 0. The second-order valence-corrected chi connectivity index (χ2v) is 5.41. The van der Waals surface area contributed by atoms with Gasteiger partial charge in [-0.1, -0.05) is 36.4 Å². The Morgan fingerprint density at radius 3 is 2.37 bits per heavy atom. The predicted molar refractivity (Wildman–Crippen MR) is 72.5 cm³/mol. The van der Waals surface area contributed by atoms with E-state index in [1.807, 2.05) is 48.5 Å². The summed E-state index contributed by atoms with van der Waals surface area (Å²) >= 11 is 0. The first-order chi connectivity index (χ1) is 9.06. The highest BCUT2D eigenvalue weighted by molar-refractivity contribution is 5.36.